The summed E-state index contributed by atoms with van der Waals surface area (Å²) in [5.74, 6) is -0.492. The van der Waals surface area contributed by atoms with Crippen LogP contribution in [0.25, 0.3) is 10.9 Å². The number of aryl methyl sites for hydroxylation is 1. The van der Waals surface area contributed by atoms with Gasteiger partial charge >= 0.3 is 6.03 Å². The molecule has 1 aliphatic rings. The molecule has 1 fully saturated rings. The van der Waals surface area contributed by atoms with Crippen LogP contribution in [0.5, 0.6) is 0 Å². The molecule has 1 aromatic carbocycles. The summed E-state index contributed by atoms with van der Waals surface area (Å²) in [5.41, 5.74) is 1.55. The zero-order valence-electron chi connectivity index (χ0n) is 12.1. The Balaban J connectivity index is 1.67. The Morgan fingerprint density at radius 2 is 2.14 bits per heavy atom. The van der Waals surface area contributed by atoms with Crippen molar-refractivity contribution in [2.75, 3.05) is 19.6 Å². The molecule has 0 atom stereocenters. The molecular weight excluding hydrogens is 284 g/mol. The van der Waals surface area contributed by atoms with Crippen molar-refractivity contribution in [3.63, 3.8) is 0 Å². The van der Waals surface area contributed by atoms with Gasteiger partial charge in [-0.3, -0.25) is 14.5 Å². The number of aromatic nitrogens is 1. The largest absolute Gasteiger partial charge is 0.351 e. The quantitative estimate of drug-likeness (QED) is 0.805. The number of carbonyl (C=O) groups excluding carboxylic acids is 3. The Labute approximate surface area is 126 Å². The minimum atomic E-state index is -0.413. The summed E-state index contributed by atoms with van der Waals surface area (Å²) in [4.78, 5) is 36.2. The first-order valence-electron chi connectivity index (χ1n) is 6.98. The molecule has 2 heterocycles. The predicted octanol–water partition coefficient (Wildman–Crippen LogP) is 0.460. The summed E-state index contributed by atoms with van der Waals surface area (Å²) in [6.45, 7) is 0.415. The maximum atomic E-state index is 12.3. The van der Waals surface area contributed by atoms with Crippen molar-refractivity contribution in [2.24, 2.45) is 7.05 Å². The maximum absolute atomic E-state index is 12.3. The fourth-order valence-electron chi connectivity index (χ4n) is 2.56. The number of amides is 4. The number of carbonyl (C=O) groups is 3. The molecule has 0 bridgehead atoms. The van der Waals surface area contributed by atoms with E-state index in [-0.39, 0.29) is 31.4 Å². The lowest BCUT2D eigenvalue weighted by atomic mass is 10.1. The minimum Gasteiger partial charge on any atom is -0.351 e. The molecule has 0 aliphatic carbocycles. The Hall–Kier alpha value is -2.83. The van der Waals surface area contributed by atoms with Crippen LogP contribution in [0.3, 0.4) is 0 Å². The number of fused-ring (bicyclic) bond motifs is 1. The van der Waals surface area contributed by atoms with Crippen LogP contribution in [0.15, 0.2) is 30.5 Å². The van der Waals surface area contributed by atoms with Gasteiger partial charge in [0.1, 0.15) is 0 Å². The molecule has 2 aromatic rings. The molecule has 0 spiro atoms. The number of hydrogen-bond acceptors (Lipinski definition) is 3. The summed E-state index contributed by atoms with van der Waals surface area (Å²) in [6.07, 6.45) is 1.90. The predicted molar refractivity (Wildman–Crippen MR) is 80.4 cm³/mol. The topological polar surface area (TPSA) is 83.4 Å². The standard InChI is InChI=1S/C15H16N4O3/c1-18-7-5-10-11(3-2-4-12(10)18)14(21)16-6-8-19-13(20)9-17-15(19)22/h2-5,7H,6,8-9H2,1H3,(H,16,21)(H,17,22). The molecule has 0 radical (unpaired) electrons. The van der Waals surface area contributed by atoms with Gasteiger partial charge in [0.15, 0.2) is 0 Å². The number of benzene rings is 1. The molecule has 7 nitrogen and oxygen atoms in total. The minimum absolute atomic E-state index is 0.0239. The third kappa shape index (κ3) is 2.41. The van der Waals surface area contributed by atoms with Gasteiger partial charge in [0, 0.05) is 42.8 Å². The molecule has 7 heteroatoms. The lowest BCUT2D eigenvalue weighted by Crippen LogP contribution is -2.38. The van der Waals surface area contributed by atoms with Crippen LogP contribution in [0.2, 0.25) is 0 Å². The Kier molecular flexibility index (Phi) is 3.54. The van der Waals surface area contributed by atoms with E-state index in [1.54, 1.807) is 6.07 Å². The molecule has 1 saturated heterocycles. The summed E-state index contributed by atoms with van der Waals surface area (Å²) < 4.78 is 1.94. The van der Waals surface area contributed by atoms with Crippen molar-refractivity contribution >= 4 is 28.7 Å². The van der Waals surface area contributed by atoms with Crippen molar-refractivity contribution in [1.82, 2.24) is 20.1 Å². The van der Waals surface area contributed by atoms with Gasteiger partial charge < -0.3 is 15.2 Å². The van der Waals surface area contributed by atoms with Crippen molar-refractivity contribution in [3.8, 4) is 0 Å². The third-order valence-electron chi connectivity index (χ3n) is 3.73. The molecule has 2 N–H and O–H groups in total. The molecule has 1 aromatic heterocycles. The SMILES string of the molecule is Cn1ccc2c(C(=O)NCCN3C(=O)CNC3=O)cccc21. The van der Waals surface area contributed by atoms with E-state index in [1.807, 2.05) is 36.0 Å². The van der Waals surface area contributed by atoms with E-state index in [0.29, 0.717) is 5.56 Å². The highest BCUT2D eigenvalue weighted by molar-refractivity contribution is 6.06. The number of urea groups is 1. The van der Waals surface area contributed by atoms with Gasteiger partial charge in [0.05, 0.1) is 6.54 Å². The highest BCUT2D eigenvalue weighted by Gasteiger charge is 2.27. The lowest BCUT2D eigenvalue weighted by Gasteiger charge is -2.13. The first-order chi connectivity index (χ1) is 10.6. The molecule has 4 amide bonds. The monoisotopic (exact) mass is 300 g/mol. The van der Waals surface area contributed by atoms with Gasteiger partial charge in [-0.15, -0.1) is 0 Å². The number of imide groups is 1. The Morgan fingerprint density at radius 1 is 1.32 bits per heavy atom. The van der Waals surface area contributed by atoms with Crippen LogP contribution in [0.4, 0.5) is 4.79 Å². The van der Waals surface area contributed by atoms with Crippen LogP contribution < -0.4 is 10.6 Å². The van der Waals surface area contributed by atoms with E-state index in [4.69, 9.17) is 0 Å². The van der Waals surface area contributed by atoms with E-state index in [0.717, 1.165) is 15.8 Å². The zero-order chi connectivity index (χ0) is 15.7. The Morgan fingerprint density at radius 3 is 2.86 bits per heavy atom. The van der Waals surface area contributed by atoms with E-state index in [1.165, 1.54) is 0 Å². The average molecular weight is 300 g/mol. The van der Waals surface area contributed by atoms with Crippen molar-refractivity contribution < 1.29 is 14.4 Å². The van der Waals surface area contributed by atoms with Crippen molar-refractivity contribution in [1.29, 1.82) is 0 Å². The van der Waals surface area contributed by atoms with Gasteiger partial charge in [-0.05, 0) is 18.2 Å². The van der Waals surface area contributed by atoms with E-state index in [9.17, 15) is 14.4 Å². The van der Waals surface area contributed by atoms with Crippen LogP contribution in [-0.2, 0) is 11.8 Å². The van der Waals surface area contributed by atoms with Gasteiger partial charge in [-0.25, -0.2) is 4.79 Å². The summed E-state index contributed by atoms with van der Waals surface area (Å²) >= 11 is 0. The third-order valence-corrected chi connectivity index (χ3v) is 3.73. The second-order valence-electron chi connectivity index (χ2n) is 5.13. The van der Waals surface area contributed by atoms with Gasteiger partial charge in [-0.2, -0.15) is 0 Å². The van der Waals surface area contributed by atoms with Crippen molar-refractivity contribution in [2.45, 2.75) is 0 Å². The fraction of sp³-hybridized carbons (Fsp3) is 0.267. The molecule has 3 rings (SSSR count). The van der Waals surface area contributed by atoms with Gasteiger partial charge in [0.25, 0.3) is 5.91 Å². The molecule has 1 aliphatic heterocycles. The zero-order valence-corrected chi connectivity index (χ0v) is 12.1. The number of nitrogens with zero attached hydrogens (tertiary/aromatic N) is 2. The second kappa shape index (κ2) is 5.51. The van der Waals surface area contributed by atoms with E-state index in [2.05, 4.69) is 10.6 Å². The lowest BCUT2D eigenvalue weighted by molar-refractivity contribution is -0.124. The molecule has 0 unspecified atom stereocenters. The summed E-state index contributed by atoms with van der Waals surface area (Å²) in [6, 6.07) is 7.01. The number of rotatable bonds is 4. The normalized spacial score (nSPS) is 14.5. The van der Waals surface area contributed by atoms with Gasteiger partial charge in [-0.1, -0.05) is 6.07 Å². The smallest absolute Gasteiger partial charge is 0.324 e. The van der Waals surface area contributed by atoms with Crippen LogP contribution in [0.1, 0.15) is 10.4 Å². The first-order valence-corrected chi connectivity index (χ1v) is 6.98. The highest BCUT2D eigenvalue weighted by Crippen LogP contribution is 2.19. The van der Waals surface area contributed by atoms with E-state index >= 15 is 0 Å². The second-order valence-corrected chi connectivity index (χ2v) is 5.13. The number of hydrogen-bond donors (Lipinski definition) is 2. The van der Waals surface area contributed by atoms with Gasteiger partial charge in [0.2, 0.25) is 5.91 Å². The van der Waals surface area contributed by atoms with E-state index < -0.39 is 6.03 Å². The average Bonchev–Trinajstić information content (AvgIpc) is 3.04. The molecular formula is C15H16N4O3. The van der Waals surface area contributed by atoms with Crippen molar-refractivity contribution in [3.05, 3.63) is 36.0 Å². The maximum Gasteiger partial charge on any atom is 0.324 e. The fourth-order valence-corrected chi connectivity index (χ4v) is 2.56. The highest BCUT2D eigenvalue weighted by atomic mass is 16.2. The van der Waals surface area contributed by atoms with Crippen LogP contribution >= 0.6 is 0 Å². The van der Waals surface area contributed by atoms with Crippen LogP contribution in [0, 0.1) is 0 Å². The molecule has 0 saturated carbocycles. The molecule has 114 valence electrons. The molecule has 22 heavy (non-hydrogen) atoms. The Bertz CT molecular complexity index is 749. The number of nitrogens with one attached hydrogen (secondary N) is 2. The summed E-state index contributed by atoms with van der Waals surface area (Å²) in [5, 5.41) is 6.06. The first kappa shape index (κ1) is 14.1. The summed E-state index contributed by atoms with van der Waals surface area (Å²) in [7, 11) is 1.92. The van der Waals surface area contributed by atoms with Crippen LogP contribution in [-0.4, -0.2) is 46.9 Å².